The highest BCUT2D eigenvalue weighted by Crippen LogP contribution is 2.43. The van der Waals surface area contributed by atoms with E-state index in [-0.39, 0.29) is 24.9 Å². The largest absolute Gasteiger partial charge is 0.484 e. The Morgan fingerprint density at radius 1 is 1.13 bits per heavy atom. The number of cyclic esters (lactones) is 1. The van der Waals surface area contributed by atoms with Crippen LogP contribution in [0.3, 0.4) is 0 Å². The Morgan fingerprint density at radius 3 is 2.55 bits per heavy atom. The smallest absolute Gasteiger partial charge is 0.421 e. The molecule has 3 aliphatic rings. The topological polar surface area (TPSA) is 79.3 Å². The van der Waals surface area contributed by atoms with Crippen LogP contribution in [0.2, 0.25) is 10.0 Å². The minimum Gasteiger partial charge on any atom is -0.484 e. The van der Waals surface area contributed by atoms with Crippen LogP contribution in [0.25, 0.3) is 0 Å². The lowest BCUT2D eigenvalue weighted by Gasteiger charge is -2.30. The maximum Gasteiger partial charge on any atom is 0.421 e. The number of hydrogen-bond donors (Lipinski definition) is 1. The number of fused-ring (bicyclic) bond motifs is 1. The van der Waals surface area contributed by atoms with Crippen LogP contribution >= 0.6 is 23.2 Å². The van der Waals surface area contributed by atoms with E-state index >= 15 is 0 Å². The SMILES string of the molecule is O=C1COC(=O)N1c1ccc(O[C@H]2c3cc(Cl)cc(Cl)c3C[C@@H]2N2CCC(O)C2)cc1. The lowest BCUT2D eigenvalue weighted by molar-refractivity contribution is -0.117. The molecule has 0 saturated carbocycles. The van der Waals surface area contributed by atoms with Gasteiger partial charge in [-0.25, -0.2) is 9.69 Å². The summed E-state index contributed by atoms with van der Waals surface area (Å²) in [5.74, 6) is 0.183. The van der Waals surface area contributed by atoms with Crippen LogP contribution in [0, 0.1) is 0 Å². The second-order valence-electron chi connectivity index (χ2n) is 7.98. The molecule has 0 spiro atoms. The first kappa shape index (κ1) is 20.6. The van der Waals surface area contributed by atoms with E-state index in [0.717, 1.165) is 29.0 Å². The fourth-order valence-corrected chi connectivity index (χ4v) is 5.16. The summed E-state index contributed by atoms with van der Waals surface area (Å²) in [5.41, 5.74) is 2.37. The number of nitrogens with zero attached hydrogens (tertiary/aromatic N) is 2. The number of ether oxygens (including phenoxy) is 2. The number of imide groups is 1. The van der Waals surface area contributed by atoms with Crippen LogP contribution in [-0.4, -0.2) is 53.8 Å². The lowest BCUT2D eigenvalue weighted by Crippen LogP contribution is -2.39. The molecule has 0 radical (unpaired) electrons. The molecule has 9 heteroatoms. The van der Waals surface area contributed by atoms with Crippen LogP contribution < -0.4 is 9.64 Å². The van der Waals surface area contributed by atoms with Crippen molar-refractivity contribution >= 4 is 40.9 Å². The molecule has 0 bridgehead atoms. The third-order valence-electron chi connectivity index (χ3n) is 6.04. The van der Waals surface area contributed by atoms with Gasteiger partial charge >= 0.3 is 6.09 Å². The second-order valence-corrected chi connectivity index (χ2v) is 8.82. The number of aliphatic hydroxyl groups is 1. The van der Waals surface area contributed by atoms with Crippen molar-refractivity contribution < 1.29 is 24.2 Å². The van der Waals surface area contributed by atoms with Gasteiger partial charge in [0.25, 0.3) is 5.91 Å². The standard InChI is InChI=1S/C22H20Cl2N2O5/c23-12-7-17-16(18(24)8-12)9-19(25-6-5-14(27)10-25)21(17)31-15-3-1-13(2-4-15)26-20(28)11-30-22(26)29/h1-4,7-8,14,19,21,27H,5-6,9-11H2/t14?,19-,21-/m0/s1. The zero-order chi connectivity index (χ0) is 21.7. The van der Waals surface area contributed by atoms with Gasteiger partial charge in [0.2, 0.25) is 0 Å². The Balaban J connectivity index is 1.43. The number of aliphatic hydroxyl groups excluding tert-OH is 1. The molecule has 0 aromatic heterocycles. The molecule has 2 fully saturated rings. The minimum atomic E-state index is -0.680. The van der Waals surface area contributed by atoms with Crippen molar-refractivity contribution in [1.29, 1.82) is 0 Å². The predicted molar refractivity (Wildman–Crippen MR) is 115 cm³/mol. The predicted octanol–water partition coefficient (Wildman–Crippen LogP) is 3.59. The molecule has 162 valence electrons. The molecule has 2 heterocycles. The molecule has 2 aromatic rings. The molecule has 5 rings (SSSR count). The third kappa shape index (κ3) is 3.76. The molecule has 1 N–H and O–H groups in total. The number of amides is 2. The molecule has 3 atom stereocenters. The van der Waals surface area contributed by atoms with Crippen molar-refractivity contribution in [2.24, 2.45) is 0 Å². The molecule has 1 unspecified atom stereocenters. The van der Waals surface area contributed by atoms with Gasteiger partial charge in [0.15, 0.2) is 6.61 Å². The number of β-amino-alcohol motifs (C(OH)–C–C–N with tert-alkyl or cyclic N) is 1. The highest BCUT2D eigenvalue weighted by Gasteiger charge is 2.41. The second kappa shape index (κ2) is 7.98. The summed E-state index contributed by atoms with van der Waals surface area (Å²) in [6, 6.07) is 10.4. The Hall–Kier alpha value is -2.32. The van der Waals surface area contributed by atoms with Crippen LogP contribution in [0.4, 0.5) is 10.5 Å². The number of rotatable bonds is 4. The monoisotopic (exact) mass is 462 g/mol. The molecule has 2 saturated heterocycles. The minimum absolute atomic E-state index is 0.0120. The summed E-state index contributed by atoms with van der Waals surface area (Å²) in [4.78, 5) is 26.9. The van der Waals surface area contributed by atoms with Gasteiger partial charge in [-0.2, -0.15) is 0 Å². The number of benzene rings is 2. The maximum atomic E-state index is 11.9. The van der Waals surface area contributed by atoms with Crippen LogP contribution in [0.1, 0.15) is 23.7 Å². The number of halogens is 2. The fourth-order valence-electron chi connectivity index (χ4n) is 4.57. The van der Waals surface area contributed by atoms with E-state index in [9.17, 15) is 14.7 Å². The highest BCUT2D eigenvalue weighted by atomic mass is 35.5. The van der Waals surface area contributed by atoms with Gasteiger partial charge < -0.3 is 14.6 Å². The average Bonchev–Trinajstić information content (AvgIpc) is 3.41. The van der Waals surface area contributed by atoms with E-state index in [1.165, 1.54) is 0 Å². The first-order chi connectivity index (χ1) is 14.9. The van der Waals surface area contributed by atoms with E-state index < -0.39 is 12.0 Å². The molecular weight excluding hydrogens is 443 g/mol. The van der Waals surface area contributed by atoms with E-state index in [1.54, 1.807) is 30.3 Å². The quantitative estimate of drug-likeness (QED) is 0.747. The number of likely N-dealkylation sites (tertiary alicyclic amines) is 1. The van der Waals surface area contributed by atoms with E-state index in [1.807, 2.05) is 6.07 Å². The Labute approximate surface area is 189 Å². The van der Waals surface area contributed by atoms with Crippen molar-refractivity contribution in [3.8, 4) is 5.75 Å². The van der Waals surface area contributed by atoms with Crippen LogP contribution in [-0.2, 0) is 16.0 Å². The van der Waals surface area contributed by atoms with Gasteiger partial charge in [0.1, 0.15) is 11.9 Å². The summed E-state index contributed by atoms with van der Waals surface area (Å²) in [6.45, 7) is 1.12. The Morgan fingerprint density at radius 2 is 1.90 bits per heavy atom. The van der Waals surface area contributed by atoms with Gasteiger partial charge in [-0.05, 0) is 54.8 Å². The molecule has 7 nitrogen and oxygen atoms in total. The van der Waals surface area contributed by atoms with Crippen LogP contribution in [0.15, 0.2) is 36.4 Å². The van der Waals surface area contributed by atoms with Gasteiger partial charge in [0.05, 0.1) is 17.8 Å². The number of carbonyl (C=O) groups is 2. The fraction of sp³-hybridized carbons (Fsp3) is 0.364. The molecule has 1 aliphatic carbocycles. The zero-order valence-corrected chi connectivity index (χ0v) is 18.0. The molecule has 2 aliphatic heterocycles. The summed E-state index contributed by atoms with van der Waals surface area (Å²) in [6.07, 6.45) is 0.0824. The Kier molecular flexibility index (Phi) is 5.30. The van der Waals surface area contributed by atoms with E-state index in [0.29, 0.717) is 34.4 Å². The van der Waals surface area contributed by atoms with Crippen molar-refractivity contribution in [3.63, 3.8) is 0 Å². The van der Waals surface area contributed by atoms with E-state index in [2.05, 4.69) is 4.90 Å². The third-order valence-corrected chi connectivity index (χ3v) is 6.59. The van der Waals surface area contributed by atoms with Gasteiger partial charge in [0, 0.05) is 28.7 Å². The van der Waals surface area contributed by atoms with Crippen molar-refractivity contribution in [2.45, 2.75) is 31.1 Å². The van der Waals surface area contributed by atoms with Gasteiger partial charge in [-0.1, -0.05) is 23.2 Å². The van der Waals surface area contributed by atoms with Crippen molar-refractivity contribution in [1.82, 2.24) is 4.90 Å². The highest BCUT2D eigenvalue weighted by molar-refractivity contribution is 6.35. The van der Waals surface area contributed by atoms with Gasteiger partial charge in [-0.15, -0.1) is 0 Å². The lowest BCUT2D eigenvalue weighted by atomic mass is 10.1. The molecule has 2 aromatic carbocycles. The van der Waals surface area contributed by atoms with Gasteiger partial charge in [-0.3, -0.25) is 9.69 Å². The van der Waals surface area contributed by atoms with Crippen LogP contribution in [0.5, 0.6) is 5.75 Å². The Bertz CT molecular complexity index is 1030. The number of anilines is 1. The van der Waals surface area contributed by atoms with Crippen molar-refractivity contribution in [3.05, 3.63) is 57.6 Å². The molecular formula is C22H20Cl2N2O5. The summed E-state index contributed by atoms with van der Waals surface area (Å²) < 4.78 is 11.1. The zero-order valence-electron chi connectivity index (χ0n) is 16.5. The maximum absolute atomic E-state index is 11.9. The summed E-state index contributed by atoms with van der Waals surface area (Å²) in [5, 5.41) is 11.2. The molecule has 31 heavy (non-hydrogen) atoms. The average molecular weight is 463 g/mol. The number of carbonyl (C=O) groups excluding carboxylic acids is 2. The first-order valence-corrected chi connectivity index (χ1v) is 10.8. The first-order valence-electron chi connectivity index (χ1n) is 10.1. The normalized spacial score (nSPS) is 25.8. The summed E-state index contributed by atoms with van der Waals surface area (Å²) >= 11 is 12.7. The van der Waals surface area contributed by atoms with Crippen molar-refractivity contribution in [2.75, 3.05) is 24.6 Å². The number of hydrogen-bond acceptors (Lipinski definition) is 6. The summed E-state index contributed by atoms with van der Waals surface area (Å²) in [7, 11) is 0. The molecule has 2 amide bonds. The van der Waals surface area contributed by atoms with E-state index in [4.69, 9.17) is 32.7 Å².